The van der Waals surface area contributed by atoms with Crippen LogP contribution in [-0.2, 0) is 7.05 Å². The molecule has 2 aromatic rings. The molecular formula is C13H8Cl2N2O. The van der Waals surface area contributed by atoms with Crippen molar-refractivity contribution in [3.8, 4) is 17.3 Å². The van der Waals surface area contributed by atoms with Gasteiger partial charge in [-0.3, -0.25) is 4.79 Å². The Bertz CT molecular complexity index is 714. The van der Waals surface area contributed by atoms with E-state index in [2.05, 4.69) is 0 Å². The molecule has 0 saturated heterocycles. The van der Waals surface area contributed by atoms with Gasteiger partial charge in [-0.1, -0.05) is 29.3 Å². The van der Waals surface area contributed by atoms with Crippen LogP contribution in [0.5, 0.6) is 0 Å². The number of benzene rings is 1. The number of nitriles is 1. The van der Waals surface area contributed by atoms with Crippen LogP contribution >= 0.6 is 23.2 Å². The first-order valence-electron chi connectivity index (χ1n) is 5.10. The minimum Gasteiger partial charge on any atom is -0.310 e. The fraction of sp³-hybridized carbons (Fsp3) is 0.0769. The van der Waals surface area contributed by atoms with E-state index < -0.39 is 0 Å². The van der Waals surface area contributed by atoms with Crippen LogP contribution in [0.3, 0.4) is 0 Å². The molecule has 0 radical (unpaired) electrons. The summed E-state index contributed by atoms with van der Waals surface area (Å²) in [5.41, 5.74) is 1.23. The first-order valence-corrected chi connectivity index (χ1v) is 5.85. The molecule has 2 rings (SSSR count). The van der Waals surface area contributed by atoms with Gasteiger partial charge in [0.2, 0.25) is 0 Å². The lowest BCUT2D eigenvalue weighted by atomic mass is 10.1. The highest BCUT2D eigenvalue weighted by atomic mass is 35.5. The van der Waals surface area contributed by atoms with Gasteiger partial charge >= 0.3 is 0 Å². The normalized spacial score (nSPS) is 10.1. The van der Waals surface area contributed by atoms with Gasteiger partial charge in [-0.2, -0.15) is 5.26 Å². The number of nitrogens with zero attached hydrogens (tertiary/aromatic N) is 2. The van der Waals surface area contributed by atoms with Crippen LogP contribution in [0, 0.1) is 11.3 Å². The third-order valence-corrected chi connectivity index (χ3v) is 3.38. The van der Waals surface area contributed by atoms with Gasteiger partial charge in [-0.15, -0.1) is 0 Å². The SMILES string of the molecule is Cn1c(-c2ccc(Cl)c(Cl)c2)ccc(C#N)c1=O. The van der Waals surface area contributed by atoms with Gasteiger partial charge in [0.1, 0.15) is 11.6 Å². The van der Waals surface area contributed by atoms with Crippen LogP contribution < -0.4 is 5.56 Å². The third kappa shape index (κ3) is 2.13. The fourth-order valence-corrected chi connectivity index (χ4v) is 1.96. The average Bonchev–Trinajstić information content (AvgIpc) is 2.36. The van der Waals surface area contributed by atoms with Crippen LogP contribution in [0.2, 0.25) is 10.0 Å². The van der Waals surface area contributed by atoms with Crippen LogP contribution in [0.4, 0.5) is 0 Å². The summed E-state index contributed by atoms with van der Waals surface area (Å²) < 4.78 is 1.41. The maximum Gasteiger partial charge on any atom is 0.268 e. The van der Waals surface area contributed by atoms with E-state index in [4.69, 9.17) is 28.5 Å². The van der Waals surface area contributed by atoms with Crippen molar-refractivity contribution < 1.29 is 0 Å². The van der Waals surface area contributed by atoms with E-state index in [1.165, 1.54) is 10.6 Å². The molecule has 0 N–H and O–H groups in total. The van der Waals surface area contributed by atoms with Gasteiger partial charge in [0.15, 0.2) is 0 Å². The predicted molar refractivity (Wildman–Crippen MR) is 71.9 cm³/mol. The highest BCUT2D eigenvalue weighted by Gasteiger charge is 2.08. The Balaban J connectivity index is 2.66. The molecule has 1 aromatic heterocycles. The third-order valence-electron chi connectivity index (χ3n) is 2.64. The summed E-state index contributed by atoms with van der Waals surface area (Å²) in [6, 6.07) is 10.2. The minimum absolute atomic E-state index is 0.112. The molecule has 0 bridgehead atoms. The van der Waals surface area contributed by atoms with Gasteiger partial charge in [0.25, 0.3) is 5.56 Å². The van der Waals surface area contributed by atoms with Gasteiger partial charge in [-0.25, -0.2) is 0 Å². The average molecular weight is 279 g/mol. The van der Waals surface area contributed by atoms with Crippen molar-refractivity contribution in [2.24, 2.45) is 7.05 Å². The lowest BCUT2D eigenvalue weighted by Gasteiger charge is -2.09. The minimum atomic E-state index is -0.332. The van der Waals surface area contributed by atoms with E-state index in [0.29, 0.717) is 15.7 Å². The molecule has 18 heavy (non-hydrogen) atoms. The molecule has 0 aliphatic rings. The maximum atomic E-state index is 11.8. The maximum absolute atomic E-state index is 11.8. The van der Waals surface area contributed by atoms with E-state index in [1.54, 1.807) is 31.3 Å². The number of halogens is 2. The summed E-state index contributed by atoms with van der Waals surface area (Å²) >= 11 is 11.8. The molecule has 0 atom stereocenters. The standard InChI is InChI=1S/C13H8Cl2N2O/c1-17-12(5-3-9(7-16)13(17)18)8-2-4-10(14)11(15)6-8/h2-6H,1H3. The second kappa shape index (κ2) is 4.85. The summed E-state index contributed by atoms with van der Waals surface area (Å²) in [5, 5.41) is 9.66. The molecular weight excluding hydrogens is 271 g/mol. The van der Waals surface area contributed by atoms with Crippen molar-refractivity contribution in [1.29, 1.82) is 5.26 Å². The van der Waals surface area contributed by atoms with Crippen LogP contribution in [-0.4, -0.2) is 4.57 Å². The predicted octanol–water partition coefficient (Wildman–Crippen LogP) is 3.23. The largest absolute Gasteiger partial charge is 0.310 e. The Morgan fingerprint density at radius 2 is 1.89 bits per heavy atom. The Morgan fingerprint density at radius 1 is 1.17 bits per heavy atom. The van der Waals surface area contributed by atoms with E-state index in [1.807, 2.05) is 6.07 Å². The molecule has 5 heteroatoms. The van der Waals surface area contributed by atoms with Crippen molar-refractivity contribution in [3.05, 3.63) is 56.3 Å². The highest BCUT2D eigenvalue weighted by Crippen LogP contribution is 2.27. The molecule has 0 aliphatic carbocycles. The second-order valence-corrected chi connectivity index (χ2v) is 4.55. The monoisotopic (exact) mass is 278 g/mol. The number of hydrogen-bond donors (Lipinski definition) is 0. The zero-order valence-electron chi connectivity index (χ0n) is 9.45. The topological polar surface area (TPSA) is 45.8 Å². The molecule has 0 aliphatic heterocycles. The van der Waals surface area contributed by atoms with Gasteiger partial charge in [0, 0.05) is 7.05 Å². The molecule has 3 nitrogen and oxygen atoms in total. The summed E-state index contributed by atoms with van der Waals surface area (Å²) in [5.74, 6) is 0. The zero-order valence-corrected chi connectivity index (χ0v) is 11.0. The van der Waals surface area contributed by atoms with Crippen LogP contribution in [0.25, 0.3) is 11.3 Å². The molecule has 90 valence electrons. The van der Waals surface area contributed by atoms with Gasteiger partial charge in [-0.05, 0) is 29.8 Å². The molecule has 0 saturated carbocycles. The Kier molecular flexibility index (Phi) is 3.42. The quantitative estimate of drug-likeness (QED) is 0.804. The second-order valence-electron chi connectivity index (χ2n) is 3.74. The number of pyridine rings is 1. The van der Waals surface area contributed by atoms with Crippen molar-refractivity contribution >= 4 is 23.2 Å². The Morgan fingerprint density at radius 3 is 2.50 bits per heavy atom. The molecule has 1 aromatic carbocycles. The van der Waals surface area contributed by atoms with Crippen LogP contribution in [0.15, 0.2) is 35.1 Å². The van der Waals surface area contributed by atoms with E-state index in [9.17, 15) is 4.79 Å². The summed E-state index contributed by atoms with van der Waals surface area (Å²) in [4.78, 5) is 11.8. The lowest BCUT2D eigenvalue weighted by molar-refractivity contribution is 0.866. The first-order chi connectivity index (χ1) is 8.54. The molecule has 0 fully saturated rings. The molecule has 0 unspecified atom stereocenters. The molecule has 0 spiro atoms. The van der Waals surface area contributed by atoms with E-state index in [-0.39, 0.29) is 11.1 Å². The number of hydrogen-bond acceptors (Lipinski definition) is 2. The summed E-state index contributed by atoms with van der Waals surface area (Å²) in [6.45, 7) is 0. The van der Waals surface area contributed by atoms with Gasteiger partial charge in [0.05, 0.1) is 15.7 Å². The Labute approximate surface area is 114 Å². The van der Waals surface area contributed by atoms with Crippen molar-refractivity contribution in [1.82, 2.24) is 4.57 Å². The lowest BCUT2D eigenvalue weighted by Crippen LogP contribution is -2.20. The number of aromatic nitrogens is 1. The molecule has 0 amide bonds. The van der Waals surface area contributed by atoms with Crippen molar-refractivity contribution in [2.45, 2.75) is 0 Å². The van der Waals surface area contributed by atoms with Crippen molar-refractivity contribution in [3.63, 3.8) is 0 Å². The summed E-state index contributed by atoms with van der Waals surface area (Å²) in [6.07, 6.45) is 0. The highest BCUT2D eigenvalue weighted by molar-refractivity contribution is 6.42. The van der Waals surface area contributed by atoms with Crippen molar-refractivity contribution in [2.75, 3.05) is 0 Å². The van der Waals surface area contributed by atoms with E-state index >= 15 is 0 Å². The van der Waals surface area contributed by atoms with Gasteiger partial charge < -0.3 is 4.57 Å². The zero-order chi connectivity index (χ0) is 13.3. The summed E-state index contributed by atoms with van der Waals surface area (Å²) in [7, 11) is 1.61. The Hall–Kier alpha value is -1.76. The smallest absolute Gasteiger partial charge is 0.268 e. The first kappa shape index (κ1) is 12.7. The molecule has 1 heterocycles. The van der Waals surface area contributed by atoms with E-state index in [0.717, 1.165) is 5.56 Å². The van der Waals surface area contributed by atoms with Crippen LogP contribution in [0.1, 0.15) is 5.56 Å². The number of rotatable bonds is 1. The fourth-order valence-electron chi connectivity index (χ4n) is 1.67.